The van der Waals surface area contributed by atoms with E-state index in [2.05, 4.69) is 15.1 Å². The second kappa shape index (κ2) is 3.46. The molecule has 0 aromatic carbocycles. The van der Waals surface area contributed by atoms with Crippen LogP contribution in [0.4, 0.5) is 0 Å². The van der Waals surface area contributed by atoms with E-state index in [4.69, 9.17) is 10.9 Å². The third kappa shape index (κ3) is 1.33. The van der Waals surface area contributed by atoms with Crippen LogP contribution in [0.15, 0.2) is 29.1 Å². The molecule has 2 aromatic rings. The molecule has 0 bridgehead atoms. The minimum Gasteiger partial charge on any atom is -0.409 e. The van der Waals surface area contributed by atoms with Crippen molar-refractivity contribution in [2.75, 3.05) is 0 Å². The first-order valence-corrected chi connectivity index (χ1v) is 4.62. The van der Waals surface area contributed by atoms with Crippen LogP contribution in [0.3, 0.4) is 0 Å². The molecule has 0 radical (unpaired) electrons. The van der Waals surface area contributed by atoms with Gasteiger partial charge < -0.3 is 10.9 Å². The van der Waals surface area contributed by atoms with Crippen molar-refractivity contribution in [3.63, 3.8) is 0 Å². The van der Waals surface area contributed by atoms with Gasteiger partial charge in [0.15, 0.2) is 11.0 Å². The van der Waals surface area contributed by atoms with Gasteiger partial charge in [-0.15, -0.1) is 11.3 Å². The first kappa shape index (κ1) is 8.70. The highest BCUT2D eigenvalue weighted by Gasteiger charge is 2.10. The molecule has 2 aromatic heterocycles. The Balaban J connectivity index is 2.50. The van der Waals surface area contributed by atoms with E-state index in [1.165, 1.54) is 11.3 Å². The molecule has 0 aliphatic carbocycles. The van der Waals surface area contributed by atoms with Gasteiger partial charge in [-0.2, -0.15) is 0 Å². The number of hydrogen-bond donors (Lipinski definition) is 2. The van der Waals surface area contributed by atoms with Crippen LogP contribution in [0.25, 0.3) is 5.13 Å². The maximum absolute atomic E-state index is 8.52. The van der Waals surface area contributed by atoms with Gasteiger partial charge in [-0.3, -0.25) is 4.57 Å². The molecule has 0 atom stereocenters. The quantitative estimate of drug-likeness (QED) is 0.325. The Labute approximate surface area is 83.3 Å². The Morgan fingerprint density at radius 2 is 2.36 bits per heavy atom. The van der Waals surface area contributed by atoms with Gasteiger partial charge in [-0.25, -0.2) is 9.97 Å². The average Bonchev–Trinajstić information content (AvgIpc) is 2.85. The zero-order chi connectivity index (χ0) is 9.97. The van der Waals surface area contributed by atoms with E-state index in [0.717, 1.165) is 5.13 Å². The molecule has 0 unspecified atom stereocenters. The molecule has 0 amide bonds. The van der Waals surface area contributed by atoms with Crippen LogP contribution in [0.1, 0.15) is 5.82 Å². The van der Waals surface area contributed by atoms with Gasteiger partial charge in [0.05, 0.1) is 0 Å². The van der Waals surface area contributed by atoms with Crippen molar-refractivity contribution in [1.82, 2.24) is 14.5 Å². The van der Waals surface area contributed by atoms with Gasteiger partial charge >= 0.3 is 0 Å². The van der Waals surface area contributed by atoms with Gasteiger partial charge in [0, 0.05) is 24.0 Å². The van der Waals surface area contributed by atoms with Gasteiger partial charge in [-0.05, 0) is 0 Å². The Morgan fingerprint density at radius 1 is 1.50 bits per heavy atom. The van der Waals surface area contributed by atoms with Gasteiger partial charge in [-0.1, -0.05) is 5.16 Å². The summed E-state index contributed by atoms with van der Waals surface area (Å²) in [4.78, 5) is 8.04. The fraction of sp³-hybridized carbons (Fsp3) is 0. The molecule has 0 spiro atoms. The number of oxime groups is 1. The van der Waals surface area contributed by atoms with Crippen molar-refractivity contribution >= 4 is 17.2 Å². The molecular formula is C7H7N5OS. The Morgan fingerprint density at radius 3 is 3.00 bits per heavy atom. The lowest BCUT2D eigenvalue weighted by atomic mass is 10.5. The maximum Gasteiger partial charge on any atom is 0.206 e. The number of amidine groups is 1. The summed E-state index contributed by atoms with van der Waals surface area (Å²) in [5.41, 5.74) is 5.44. The smallest absolute Gasteiger partial charge is 0.206 e. The minimum absolute atomic E-state index is 0.0369. The number of thiazole rings is 1. The number of rotatable bonds is 2. The first-order valence-electron chi connectivity index (χ1n) is 3.74. The molecule has 0 saturated carbocycles. The summed E-state index contributed by atoms with van der Waals surface area (Å²) in [6, 6.07) is 0. The summed E-state index contributed by atoms with van der Waals surface area (Å²) in [6.07, 6.45) is 4.94. The summed E-state index contributed by atoms with van der Waals surface area (Å²) in [5.74, 6) is 0.340. The van der Waals surface area contributed by atoms with Crippen LogP contribution >= 0.6 is 11.3 Å². The molecule has 0 fully saturated rings. The summed E-state index contributed by atoms with van der Waals surface area (Å²) in [6.45, 7) is 0. The Bertz CT molecular complexity index is 446. The molecular weight excluding hydrogens is 202 g/mol. The lowest BCUT2D eigenvalue weighted by Crippen LogP contribution is -2.18. The lowest BCUT2D eigenvalue weighted by Gasteiger charge is -2.00. The minimum atomic E-state index is -0.0369. The van der Waals surface area contributed by atoms with E-state index in [9.17, 15) is 0 Å². The van der Waals surface area contributed by atoms with E-state index in [-0.39, 0.29) is 5.84 Å². The second-order valence-electron chi connectivity index (χ2n) is 2.42. The van der Waals surface area contributed by atoms with E-state index in [1.807, 2.05) is 5.38 Å². The van der Waals surface area contributed by atoms with Gasteiger partial charge in [0.2, 0.25) is 5.84 Å². The predicted molar refractivity (Wildman–Crippen MR) is 51.7 cm³/mol. The van der Waals surface area contributed by atoms with Crippen LogP contribution in [-0.2, 0) is 0 Å². The molecule has 3 N–H and O–H groups in total. The van der Waals surface area contributed by atoms with Crippen LogP contribution < -0.4 is 5.73 Å². The zero-order valence-electron chi connectivity index (χ0n) is 7.03. The standard InChI is InChI=1S/C7H7N5OS/c8-5(11-13)6-9-1-3-12(6)7-10-2-4-14-7/h1-4,13H,(H2,8,11). The molecule has 6 nitrogen and oxygen atoms in total. The third-order valence-corrected chi connectivity index (χ3v) is 2.37. The molecule has 72 valence electrons. The van der Waals surface area contributed by atoms with Crippen molar-refractivity contribution in [3.05, 3.63) is 29.8 Å². The van der Waals surface area contributed by atoms with Gasteiger partial charge in [0.1, 0.15) is 0 Å². The Kier molecular flexibility index (Phi) is 2.15. The van der Waals surface area contributed by atoms with Crippen LogP contribution in [-0.4, -0.2) is 25.6 Å². The number of nitrogens with two attached hydrogens (primary N) is 1. The maximum atomic E-state index is 8.52. The van der Waals surface area contributed by atoms with Gasteiger partial charge in [0.25, 0.3) is 0 Å². The van der Waals surface area contributed by atoms with Crippen LogP contribution in [0, 0.1) is 0 Å². The van der Waals surface area contributed by atoms with E-state index < -0.39 is 0 Å². The highest BCUT2D eigenvalue weighted by molar-refractivity contribution is 7.12. The summed E-state index contributed by atoms with van der Waals surface area (Å²) < 4.78 is 1.65. The number of hydrogen-bond acceptors (Lipinski definition) is 5. The largest absolute Gasteiger partial charge is 0.409 e. The number of nitrogens with zero attached hydrogens (tertiary/aromatic N) is 4. The fourth-order valence-corrected chi connectivity index (χ4v) is 1.65. The molecule has 2 heterocycles. The molecule has 0 aliphatic rings. The third-order valence-electron chi connectivity index (χ3n) is 1.60. The topological polar surface area (TPSA) is 89.3 Å². The SMILES string of the molecule is N/C(=N/O)c1nccn1-c1nccs1. The van der Waals surface area contributed by atoms with E-state index in [0.29, 0.717) is 5.82 Å². The van der Waals surface area contributed by atoms with Crippen molar-refractivity contribution in [2.24, 2.45) is 10.9 Å². The van der Waals surface area contributed by atoms with Crippen molar-refractivity contribution < 1.29 is 5.21 Å². The fourth-order valence-electron chi connectivity index (χ4n) is 1.03. The molecule has 0 saturated heterocycles. The number of imidazole rings is 1. The monoisotopic (exact) mass is 209 g/mol. The van der Waals surface area contributed by atoms with Crippen molar-refractivity contribution in [1.29, 1.82) is 0 Å². The highest BCUT2D eigenvalue weighted by Crippen LogP contribution is 2.12. The highest BCUT2D eigenvalue weighted by atomic mass is 32.1. The first-order chi connectivity index (χ1) is 6.83. The normalized spacial score (nSPS) is 11.9. The molecule has 14 heavy (non-hydrogen) atoms. The number of aromatic nitrogens is 3. The van der Waals surface area contributed by atoms with Crippen LogP contribution in [0.2, 0.25) is 0 Å². The van der Waals surface area contributed by atoms with Crippen LogP contribution in [0.5, 0.6) is 0 Å². The molecule has 0 aliphatic heterocycles. The second-order valence-corrected chi connectivity index (χ2v) is 3.29. The molecule has 2 rings (SSSR count). The van der Waals surface area contributed by atoms with Crippen molar-refractivity contribution in [2.45, 2.75) is 0 Å². The predicted octanol–water partition coefficient (Wildman–Crippen LogP) is 0.423. The van der Waals surface area contributed by atoms with Crippen molar-refractivity contribution in [3.8, 4) is 5.13 Å². The van der Waals surface area contributed by atoms with E-state index >= 15 is 0 Å². The molecule has 7 heteroatoms. The lowest BCUT2D eigenvalue weighted by molar-refractivity contribution is 0.318. The summed E-state index contributed by atoms with van der Waals surface area (Å²) >= 11 is 1.44. The Hall–Kier alpha value is -1.89. The van der Waals surface area contributed by atoms with E-state index in [1.54, 1.807) is 23.2 Å². The average molecular weight is 209 g/mol. The summed E-state index contributed by atoms with van der Waals surface area (Å²) in [5, 5.41) is 14.0. The zero-order valence-corrected chi connectivity index (χ0v) is 7.85. The summed E-state index contributed by atoms with van der Waals surface area (Å²) in [7, 11) is 0.